The van der Waals surface area contributed by atoms with E-state index in [0.29, 0.717) is 38.0 Å². The van der Waals surface area contributed by atoms with Gasteiger partial charge in [0.15, 0.2) is 0 Å². The molecule has 1 amide bonds. The van der Waals surface area contributed by atoms with Gasteiger partial charge in [-0.05, 0) is 118 Å². The largest absolute Gasteiger partial charge is 0.464 e. The first-order valence-corrected chi connectivity index (χ1v) is 15.9. The Morgan fingerprint density at radius 3 is 2.19 bits per heavy atom. The molecule has 42 heavy (non-hydrogen) atoms. The van der Waals surface area contributed by atoms with Crippen molar-refractivity contribution in [2.45, 2.75) is 129 Å². The van der Waals surface area contributed by atoms with E-state index >= 15 is 0 Å². The highest BCUT2D eigenvalue weighted by Crippen LogP contribution is 2.38. The third-order valence-electron chi connectivity index (χ3n) is 8.93. The van der Waals surface area contributed by atoms with Crippen LogP contribution in [0.5, 0.6) is 0 Å². The molecule has 0 bridgehead atoms. The molecule has 9 heteroatoms. The van der Waals surface area contributed by atoms with Gasteiger partial charge in [0.05, 0.1) is 17.8 Å². The zero-order valence-corrected chi connectivity index (χ0v) is 27.4. The van der Waals surface area contributed by atoms with Gasteiger partial charge in [-0.25, -0.2) is 9.59 Å². The molecule has 2 saturated heterocycles. The summed E-state index contributed by atoms with van der Waals surface area (Å²) in [6, 6.07) is 10.7. The molecule has 1 aromatic rings. The van der Waals surface area contributed by atoms with Gasteiger partial charge < -0.3 is 29.0 Å². The normalized spacial score (nSPS) is 20.6. The molecule has 2 fully saturated rings. The smallest absolute Gasteiger partial charge is 0.457 e. The molecule has 2 aliphatic rings. The van der Waals surface area contributed by atoms with E-state index in [-0.39, 0.29) is 24.9 Å². The average Bonchev–Trinajstić information content (AvgIpc) is 3.11. The van der Waals surface area contributed by atoms with Crippen LogP contribution < -0.4 is 5.32 Å². The Labute approximate surface area is 254 Å². The van der Waals surface area contributed by atoms with E-state index in [1.54, 1.807) is 6.92 Å². The van der Waals surface area contributed by atoms with Crippen LogP contribution in [0, 0.1) is 5.92 Å². The number of likely N-dealkylation sites (tertiary alicyclic amines) is 1. The Kier molecular flexibility index (Phi) is 11.9. The van der Waals surface area contributed by atoms with Crippen molar-refractivity contribution in [3.05, 3.63) is 35.9 Å². The molecule has 3 rings (SSSR count). The summed E-state index contributed by atoms with van der Waals surface area (Å²) in [5.41, 5.74) is -1.21. The number of nitrogens with one attached hydrogen (secondary N) is 1. The Morgan fingerprint density at radius 2 is 1.62 bits per heavy atom. The second-order valence-electron chi connectivity index (χ2n) is 14.1. The van der Waals surface area contributed by atoms with Gasteiger partial charge in [0, 0.05) is 6.54 Å². The predicted octanol–water partition coefficient (Wildman–Crippen LogP) is 6.42. The highest BCUT2D eigenvalue weighted by molar-refractivity contribution is 6.45. The third kappa shape index (κ3) is 9.98. The summed E-state index contributed by atoms with van der Waals surface area (Å²) in [7, 11) is -0.289. The second kappa shape index (κ2) is 14.6. The SMILES string of the molecule is CCOC(=O)C(CCCCB1OC(C)(C)C(C)(C)O1)(CCN1CCC(Cc2ccccc2)CC1)NC(=O)OC(C)(C)C. The quantitative estimate of drug-likeness (QED) is 0.162. The number of carbonyl (C=O) groups excluding carboxylic acids is 2. The van der Waals surface area contributed by atoms with Gasteiger partial charge in [-0.1, -0.05) is 43.2 Å². The summed E-state index contributed by atoms with van der Waals surface area (Å²) in [6.07, 6.45) is 5.88. The Morgan fingerprint density at radius 1 is 1.00 bits per heavy atom. The molecule has 0 spiro atoms. The number of amides is 1. The summed E-state index contributed by atoms with van der Waals surface area (Å²) >= 11 is 0. The van der Waals surface area contributed by atoms with Crippen molar-refractivity contribution in [1.29, 1.82) is 0 Å². The molecule has 236 valence electrons. The molecule has 2 heterocycles. The Hall–Kier alpha value is -2.10. The van der Waals surface area contributed by atoms with Crippen molar-refractivity contribution in [1.82, 2.24) is 10.2 Å². The molecule has 0 radical (unpaired) electrons. The van der Waals surface area contributed by atoms with Gasteiger partial charge in [0.2, 0.25) is 0 Å². The number of alkyl carbamates (subject to hydrolysis) is 1. The molecule has 1 N–H and O–H groups in total. The van der Waals surface area contributed by atoms with Crippen LogP contribution >= 0.6 is 0 Å². The number of hydrogen-bond acceptors (Lipinski definition) is 7. The maximum absolute atomic E-state index is 13.6. The lowest BCUT2D eigenvalue weighted by Gasteiger charge is -2.37. The lowest BCUT2D eigenvalue weighted by Crippen LogP contribution is -2.57. The zero-order chi connectivity index (χ0) is 31.0. The number of ether oxygens (including phenoxy) is 2. The highest BCUT2D eigenvalue weighted by Gasteiger charge is 2.50. The van der Waals surface area contributed by atoms with E-state index in [2.05, 4.69) is 40.5 Å². The molecule has 0 aliphatic carbocycles. The van der Waals surface area contributed by atoms with Gasteiger partial charge in [-0.3, -0.25) is 0 Å². The lowest BCUT2D eigenvalue weighted by atomic mass is 9.80. The first-order chi connectivity index (χ1) is 19.6. The van der Waals surface area contributed by atoms with Crippen LogP contribution in [0.1, 0.15) is 99.5 Å². The standard InChI is InChI=1S/C33H55BN2O6/c1-9-39-28(37)33(35-29(38)40-30(2,3)4,19-13-14-21-34-41-31(5,6)32(7,8)42-34)20-24-36-22-17-27(18-23-36)25-26-15-11-10-12-16-26/h10-12,15-16,27H,9,13-14,17-25H2,1-8H3,(H,35,38). The van der Waals surface area contributed by atoms with Crippen molar-refractivity contribution in [2.24, 2.45) is 5.92 Å². The first-order valence-electron chi connectivity index (χ1n) is 15.9. The molecule has 8 nitrogen and oxygen atoms in total. The fraction of sp³-hybridized carbons (Fsp3) is 0.758. The van der Waals surface area contributed by atoms with Gasteiger partial charge in [0.25, 0.3) is 0 Å². The van der Waals surface area contributed by atoms with Crippen molar-refractivity contribution in [2.75, 3.05) is 26.2 Å². The lowest BCUT2D eigenvalue weighted by molar-refractivity contribution is -0.152. The third-order valence-corrected chi connectivity index (χ3v) is 8.93. The molecule has 0 aromatic heterocycles. The Balaban J connectivity index is 1.64. The number of carbonyl (C=O) groups is 2. The van der Waals surface area contributed by atoms with Gasteiger partial charge >= 0.3 is 19.2 Å². The number of benzene rings is 1. The topological polar surface area (TPSA) is 86.3 Å². The Bertz CT molecular complexity index is 988. The van der Waals surface area contributed by atoms with Crippen LogP contribution in [-0.2, 0) is 30.0 Å². The van der Waals surface area contributed by atoms with Gasteiger partial charge in [-0.2, -0.15) is 0 Å². The minimum absolute atomic E-state index is 0.245. The molecule has 2 aliphatic heterocycles. The number of esters is 1. The number of unbranched alkanes of at least 4 members (excludes halogenated alkanes) is 1. The number of hydrogen-bond donors (Lipinski definition) is 1. The molecule has 0 saturated carbocycles. The summed E-state index contributed by atoms with van der Waals surface area (Å²) in [5.74, 6) is 0.263. The van der Waals surface area contributed by atoms with Crippen LogP contribution in [0.3, 0.4) is 0 Å². The van der Waals surface area contributed by atoms with E-state index in [1.165, 1.54) is 5.56 Å². The van der Waals surface area contributed by atoms with Crippen molar-refractivity contribution >= 4 is 19.2 Å². The van der Waals surface area contributed by atoms with Crippen LogP contribution in [0.15, 0.2) is 30.3 Å². The van der Waals surface area contributed by atoms with Crippen molar-refractivity contribution in [3.8, 4) is 0 Å². The second-order valence-corrected chi connectivity index (χ2v) is 14.1. The minimum Gasteiger partial charge on any atom is -0.464 e. The fourth-order valence-corrected chi connectivity index (χ4v) is 5.80. The summed E-state index contributed by atoms with van der Waals surface area (Å²) in [4.78, 5) is 29.0. The van der Waals surface area contributed by atoms with Crippen LogP contribution in [0.2, 0.25) is 6.32 Å². The van der Waals surface area contributed by atoms with E-state index < -0.39 is 23.2 Å². The minimum atomic E-state index is -1.17. The van der Waals surface area contributed by atoms with E-state index in [9.17, 15) is 9.59 Å². The van der Waals surface area contributed by atoms with Crippen LogP contribution in [-0.4, -0.2) is 72.7 Å². The molecule has 1 aromatic carbocycles. The zero-order valence-electron chi connectivity index (χ0n) is 27.4. The number of rotatable bonds is 13. The monoisotopic (exact) mass is 586 g/mol. The number of nitrogens with zero attached hydrogens (tertiary/aromatic N) is 1. The van der Waals surface area contributed by atoms with Crippen LogP contribution in [0.25, 0.3) is 0 Å². The average molecular weight is 587 g/mol. The highest BCUT2D eigenvalue weighted by atomic mass is 16.7. The maximum Gasteiger partial charge on any atom is 0.457 e. The predicted molar refractivity (Wildman–Crippen MR) is 167 cm³/mol. The van der Waals surface area contributed by atoms with E-state index in [4.69, 9.17) is 18.8 Å². The van der Waals surface area contributed by atoms with Gasteiger partial charge in [-0.15, -0.1) is 0 Å². The maximum atomic E-state index is 13.6. The number of piperidine rings is 1. The summed E-state index contributed by atoms with van der Waals surface area (Å²) in [6.45, 7) is 18.4. The molecule has 1 atom stereocenters. The molecule has 1 unspecified atom stereocenters. The summed E-state index contributed by atoms with van der Waals surface area (Å²) < 4.78 is 23.5. The van der Waals surface area contributed by atoms with Crippen molar-refractivity contribution < 1.29 is 28.4 Å². The van der Waals surface area contributed by atoms with E-state index in [1.807, 2.05) is 48.5 Å². The van der Waals surface area contributed by atoms with Gasteiger partial charge in [0.1, 0.15) is 11.1 Å². The van der Waals surface area contributed by atoms with Crippen molar-refractivity contribution in [3.63, 3.8) is 0 Å². The van der Waals surface area contributed by atoms with E-state index in [0.717, 1.165) is 38.8 Å². The van der Waals surface area contributed by atoms with Crippen LogP contribution in [0.4, 0.5) is 4.79 Å². The fourth-order valence-electron chi connectivity index (χ4n) is 5.80. The molecular weight excluding hydrogens is 531 g/mol. The molecular formula is C33H55BN2O6. The summed E-state index contributed by atoms with van der Waals surface area (Å²) in [5, 5.41) is 2.98. The first kappa shape index (κ1) is 34.4.